The highest BCUT2D eigenvalue weighted by molar-refractivity contribution is 5.32. The van der Waals surface area contributed by atoms with E-state index in [2.05, 4.69) is 5.32 Å². The molecule has 0 fully saturated rings. The Morgan fingerprint density at radius 2 is 1.83 bits per heavy atom. The minimum Gasteiger partial charge on any atom is -0.504 e. The van der Waals surface area contributed by atoms with Gasteiger partial charge in [0.2, 0.25) is 0 Å². The van der Waals surface area contributed by atoms with E-state index in [0.717, 1.165) is 6.08 Å². The van der Waals surface area contributed by atoms with Crippen molar-refractivity contribution in [3.05, 3.63) is 35.3 Å². The van der Waals surface area contributed by atoms with Crippen LogP contribution in [0.3, 0.4) is 0 Å². The zero-order valence-corrected chi connectivity index (χ0v) is 9.99. The number of allylic oxidation sites excluding steroid dienone is 2. The first-order chi connectivity index (χ1) is 8.21. The van der Waals surface area contributed by atoms with E-state index in [1.807, 2.05) is 0 Å². The van der Waals surface area contributed by atoms with Crippen LogP contribution in [0.2, 0.25) is 0 Å². The van der Waals surface area contributed by atoms with Crippen molar-refractivity contribution in [3.63, 3.8) is 0 Å². The molecular weight excluding hydrogens is 251 g/mol. The fraction of sp³-hybridized carbons (Fsp3) is 0.455. The number of hydrogen-bond acceptors (Lipinski definition) is 4. The summed E-state index contributed by atoms with van der Waals surface area (Å²) in [5, 5.41) is 30.4. The molecule has 0 amide bonds. The molecule has 18 heavy (non-hydrogen) atoms. The number of alkyl halides is 3. The van der Waals surface area contributed by atoms with Gasteiger partial charge < -0.3 is 20.6 Å². The van der Waals surface area contributed by atoms with Crippen LogP contribution in [0.5, 0.6) is 0 Å². The van der Waals surface area contributed by atoms with E-state index in [1.54, 1.807) is 0 Å². The van der Waals surface area contributed by atoms with Gasteiger partial charge in [-0.25, -0.2) is 0 Å². The lowest BCUT2D eigenvalue weighted by molar-refractivity contribution is -0.0811. The predicted octanol–water partition coefficient (Wildman–Crippen LogP) is 1.96. The standard InChI is InChI=1S/C11H16F3NO3/c1-3-8(16)9(17)4-7(5-11(12,13)14)10(18)6-15-2/h3-5,10,15-18H,6H2,1-2H3/b7-5-,8-3+,9-4+. The molecule has 0 aliphatic heterocycles. The third-order valence-electron chi connectivity index (χ3n) is 1.95. The Morgan fingerprint density at radius 1 is 1.28 bits per heavy atom. The molecule has 0 rings (SSSR count). The third kappa shape index (κ3) is 6.31. The predicted molar refractivity (Wildman–Crippen MR) is 61.2 cm³/mol. The van der Waals surface area contributed by atoms with Crippen LogP contribution in [0.25, 0.3) is 0 Å². The van der Waals surface area contributed by atoms with E-state index in [4.69, 9.17) is 5.11 Å². The molecule has 0 spiro atoms. The second kappa shape index (κ2) is 7.07. The summed E-state index contributed by atoms with van der Waals surface area (Å²) in [7, 11) is 1.46. The fourth-order valence-electron chi connectivity index (χ4n) is 1.11. The molecule has 0 aromatic heterocycles. The highest BCUT2D eigenvalue weighted by atomic mass is 19.4. The summed E-state index contributed by atoms with van der Waals surface area (Å²) in [5.74, 6) is -1.32. The number of rotatable bonds is 5. The van der Waals surface area contributed by atoms with Gasteiger partial charge in [-0.3, -0.25) is 0 Å². The Bertz CT molecular complexity index is 359. The summed E-state index contributed by atoms with van der Waals surface area (Å²) in [6, 6.07) is 0. The second-order valence-corrected chi connectivity index (χ2v) is 3.46. The van der Waals surface area contributed by atoms with E-state index in [1.165, 1.54) is 14.0 Å². The van der Waals surface area contributed by atoms with Crippen LogP contribution < -0.4 is 5.32 Å². The van der Waals surface area contributed by atoms with Crippen molar-refractivity contribution in [1.29, 1.82) is 0 Å². The van der Waals surface area contributed by atoms with Crippen molar-refractivity contribution < 1.29 is 28.5 Å². The highest BCUT2D eigenvalue weighted by Gasteiger charge is 2.26. The maximum Gasteiger partial charge on any atom is 0.410 e. The number of aliphatic hydroxyl groups is 3. The first-order valence-corrected chi connectivity index (χ1v) is 5.09. The summed E-state index contributed by atoms with van der Waals surface area (Å²) in [5.41, 5.74) is -0.553. The van der Waals surface area contributed by atoms with Crippen LogP contribution in [0, 0.1) is 0 Å². The maximum atomic E-state index is 12.2. The van der Waals surface area contributed by atoms with Gasteiger partial charge in [-0.1, -0.05) is 0 Å². The molecule has 0 aliphatic rings. The van der Waals surface area contributed by atoms with Gasteiger partial charge in [-0.05, 0) is 31.7 Å². The largest absolute Gasteiger partial charge is 0.504 e. The van der Waals surface area contributed by atoms with Crippen LogP contribution >= 0.6 is 0 Å². The summed E-state index contributed by atoms with van der Waals surface area (Å²) in [4.78, 5) is 0. The van der Waals surface area contributed by atoms with Gasteiger partial charge in [0.1, 0.15) is 0 Å². The normalized spacial score (nSPS) is 16.9. The Balaban J connectivity index is 5.31. The lowest BCUT2D eigenvalue weighted by atomic mass is 10.1. The molecule has 7 heteroatoms. The van der Waals surface area contributed by atoms with Gasteiger partial charge in [-0.15, -0.1) is 0 Å². The molecule has 0 aromatic carbocycles. The van der Waals surface area contributed by atoms with Gasteiger partial charge in [0, 0.05) is 12.6 Å². The minimum absolute atomic E-state index is 0.123. The fourth-order valence-corrected chi connectivity index (χ4v) is 1.11. The molecule has 0 radical (unpaired) electrons. The molecule has 0 aromatic rings. The first-order valence-electron chi connectivity index (χ1n) is 5.09. The van der Waals surface area contributed by atoms with Gasteiger partial charge in [0.25, 0.3) is 0 Å². The maximum absolute atomic E-state index is 12.2. The summed E-state index contributed by atoms with van der Waals surface area (Å²) in [6.07, 6.45) is -4.43. The van der Waals surface area contributed by atoms with Gasteiger partial charge in [0.15, 0.2) is 11.5 Å². The van der Waals surface area contributed by atoms with E-state index in [0.29, 0.717) is 6.08 Å². The van der Waals surface area contributed by atoms with Crippen LogP contribution in [0.1, 0.15) is 6.92 Å². The van der Waals surface area contributed by atoms with Crippen molar-refractivity contribution in [2.75, 3.05) is 13.6 Å². The molecule has 0 saturated heterocycles. The molecule has 1 unspecified atom stereocenters. The number of halogens is 3. The van der Waals surface area contributed by atoms with Gasteiger partial charge >= 0.3 is 6.18 Å². The van der Waals surface area contributed by atoms with Crippen molar-refractivity contribution in [1.82, 2.24) is 5.32 Å². The molecule has 0 saturated carbocycles. The quantitative estimate of drug-likeness (QED) is 0.454. The zero-order chi connectivity index (χ0) is 14.3. The summed E-state index contributed by atoms with van der Waals surface area (Å²) in [6.45, 7) is 1.28. The van der Waals surface area contributed by atoms with Crippen LogP contribution in [-0.2, 0) is 0 Å². The molecule has 4 nitrogen and oxygen atoms in total. The van der Waals surface area contributed by atoms with Gasteiger partial charge in [-0.2, -0.15) is 13.2 Å². The van der Waals surface area contributed by atoms with Crippen molar-refractivity contribution in [2.24, 2.45) is 0 Å². The Hall–Kier alpha value is -1.47. The Kier molecular flexibility index (Phi) is 6.50. The molecule has 0 aliphatic carbocycles. The Labute approximate surface area is 103 Å². The monoisotopic (exact) mass is 267 g/mol. The summed E-state index contributed by atoms with van der Waals surface area (Å²) >= 11 is 0. The average Bonchev–Trinajstić information content (AvgIpc) is 2.25. The number of nitrogens with one attached hydrogen (secondary N) is 1. The van der Waals surface area contributed by atoms with E-state index >= 15 is 0 Å². The smallest absolute Gasteiger partial charge is 0.410 e. The Morgan fingerprint density at radius 3 is 2.22 bits per heavy atom. The lowest BCUT2D eigenvalue weighted by Gasteiger charge is -2.13. The van der Waals surface area contributed by atoms with Crippen molar-refractivity contribution in [2.45, 2.75) is 19.2 Å². The molecule has 4 N–H and O–H groups in total. The van der Waals surface area contributed by atoms with E-state index in [9.17, 15) is 23.4 Å². The van der Waals surface area contributed by atoms with Gasteiger partial charge in [0.05, 0.1) is 6.10 Å². The molecule has 0 bridgehead atoms. The molecule has 0 heterocycles. The number of likely N-dealkylation sites (N-methyl/N-ethyl adjacent to an activating group) is 1. The molecule has 104 valence electrons. The highest BCUT2D eigenvalue weighted by Crippen LogP contribution is 2.22. The van der Waals surface area contributed by atoms with Crippen LogP contribution in [-0.4, -0.2) is 41.2 Å². The minimum atomic E-state index is -4.63. The lowest BCUT2D eigenvalue weighted by Crippen LogP contribution is -2.26. The van der Waals surface area contributed by atoms with Crippen LogP contribution in [0.15, 0.2) is 35.3 Å². The van der Waals surface area contributed by atoms with Crippen LogP contribution in [0.4, 0.5) is 13.2 Å². The number of aliphatic hydroxyl groups excluding tert-OH is 3. The zero-order valence-electron chi connectivity index (χ0n) is 9.99. The van der Waals surface area contributed by atoms with E-state index in [-0.39, 0.29) is 12.6 Å². The molecule has 1 atom stereocenters. The SMILES string of the molecule is C\C=C(O)/C(O)=C\C(=C\C(F)(F)F)C(O)CNC. The third-order valence-corrected chi connectivity index (χ3v) is 1.95. The topological polar surface area (TPSA) is 72.7 Å². The molecular formula is C11H16F3NO3. The van der Waals surface area contributed by atoms with E-state index < -0.39 is 29.4 Å². The number of hydrogen-bond donors (Lipinski definition) is 4. The average molecular weight is 267 g/mol. The van der Waals surface area contributed by atoms with Crippen molar-refractivity contribution in [3.8, 4) is 0 Å². The first kappa shape index (κ1) is 16.5. The second-order valence-electron chi connectivity index (χ2n) is 3.46. The van der Waals surface area contributed by atoms with Crippen molar-refractivity contribution >= 4 is 0 Å². The summed E-state index contributed by atoms with van der Waals surface area (Å²) < 4.78 is 36.7.